The highest BCUT2D eigenvalue weighted by Crippen LogP contribution is 2.26. The molecule has 0 spiro atoms. The van der Waals surface area contributed by atoms with Gasteiger partial charge in [0.2, 0.25) is 0 Å². The van der Waals surface area contributed by atoms with Gasteiger partial charge in [0.15, 0.2) is 5.65 Å². The van der Waals surface area contributed by atoms with Gasteiger partial charge in [-0.2, -0.15) is 9.61 Å². The fourth-order valence-corrected chi connectivity index (χ4v) is 5.19. The number of fused-ring (bicyclic) bond motifs is 1. The Morgan fingerprint density at radius 2 is 1.66 bits per heavy atom. The first-order valence-corrected chi connectivity index (χ1v) is 15.9. The summed E-state index contributed by atoms with van der Waals surface area (Å²) < 4.78 is 1.92. The second kappa shape index (κ2) is 14.6. The van der Waals surface area contributed by atoms with Crippen LogP contribution in [0.2, 0.25) is 0 Å². The average Bonchev–Trinajstić information content (AvgIpc) is 3.40. The third-order valence-corrected chi connectivity index (χ3v) is 7.74. The first-order valence-electron chi connectivity index (χ1n) is 14.4. The summed E-state index contributed by atoms with van der Waals surface area (Å²) in [6.07, 6.45) is 4.14. The van der Waals surface area contributed by atoms with Crippen molar-refractivity contribution in [3.63, 3.8) is 0 Å². The number of allylic oxidation sites excluding steroid dienone is 1. The third kappa shape index (κ3) is 7.83. The number of hydrogen-bond acceptors (Lipinski definition) is 4. The molecule has 0 aliphatic heterocycles. The molecule has 41 heavy (non-hydrogen) atoms. The number of anilines is 2. The van der Waals surface area contributed by atoms with Crippen LogP contribution in [0.4, 0.5) is 11.5 Å². The van der Waals surface area contributed by atoms with E-state index in [1.165, 1.54) is 23.1 Å². The van der Waals surface area contributed by atoms with Gasteiger partial charge >= 0.3 is 0 Å². The first-order chi connectivity index (χ1) is 19.9. The Kier molecular flexibility index (Phi) is 10.7. The number of hydrogen-bond donors (Lipinski definition) is 2. The summed E-state index contributed by atoms with van der Waals surface area (Å²) in [6, 6.07) is 29.5. The van der Waals surface area contributed by atoms with Crippen molar-refractivity contribution >= 4 is 31.0 Å². The predicted octanol–water partition coefficient (Wildman–Crippen LogP) is 8.47. The van der Waals surface area contributed by atoms with E-state index in [-0.39, 0.29) is 0 Å². The van der Waals surface area contributed by atoms with Gasteiger partial charge in [-0.15, -0.1) is 0 Å². The molecule has 0 radical (unpaired) electrons. The summed E-state index contributed by atoms with van der Waals surface area (Å²) in [5, 5.41) is 13.0. The Morgan fingerprint density at radius 3 is 2.39 bits per heavy atom. The number of nitrogens with one attached hydrogen (secondary N) is 2. The van der Waals surface area contributed by atoms with Gasteiger partial charge in [-0.25, -0.2) is 4.98 Å². The lowest BCUT2D eigenvalue weighted by Gasteiger charge is -2.18. The number of aryl methyl sites for hydroxylation is 1. The van der Waals surface area contributed by atoms with E-state index in [1.807, 2.05) is 10.7 Å². The highest BCUT2D eigenvalue weighted by Gasteiger charge is 2.14. The van der Waals surface area contributed by atoms with E-state index < -0.39 is 0 Å². The van der Waals surface area contributed by atoms with E-state index in [2.05, 4.69) is 142 Å². The SMILES string of the molecule is C=C(Nc1cccc(CNc2cc(-c3ccccc3C)nc3c(PC)cnn23)c1)C(C)Cc1ccccc1.CCC. The van der Waals surface area contributed by atoms with Gasteiger partial charge in [-0.1, -0.05) is 109 Å². The molecule has 0 aliphatic rings. The molecule has 5 aromatic rings. The zero-order valence-corrected chi connectivity index (χ0v) is 25.9. The number of rotatable bonds is 10. The summed E-state index contributed by atoms with van der Waals surface area (Å²) in [4.78, 5) is 4.99. The molecular formula is C35H42N5P. The third-order valence-electron chi connectivity index (χ3n) is 6.85. The van der Waals surface area contributed by atoms with Gasteiger partial charge in [-0.3, -0.25) is 0 Å². The summed E-state index contributed by atoms with van der Waals surface area (Å²) >= 11 is 0. The van der Waals surface area contributed by atoms with Crippen LogP contribution in [0.5, 0.6) is 0 Å². The lowest BCUT2D eigenvalue weighted by atomic mass is 9.98. The van der Waals surface area contributed by atoms with Crippen molar-refractivity contribution in [3.05, 3.63) is 120 Å². The van der Waals surface area contributed by atoms with Crippen LogP contribution in [-0.4, -0.2) is 21.3 Å². The largest absolute Gasteiger partial charge is 0.366 e. The van der Waals surface area contributed by atoms with Gasteiger partial charge in [0.1, 0.15) is 5.82 Å². The lowest BCUT2D eigenvalue weighted by Crippen LogP contribution is -2.11. The molecule has 0 bridgehead atoms. The molecule has 2 atom stereocenters. The summed E-state index contributed by atoms with van der Waals surface area (Å²) in [7, 11) is 0.624. The molecule has 6 heteroatoms. The molecule has 0 fully saturated rings. The topological polar surface area (TPSA) is 54.2 Å². The Morgan fingerprint density at radius 1 is 0.951 bits per heavy atom. The Labute approximate surface area is 246 Å². The number of aromatic nitrogens is 3. The highest BCUT2D eigenvalue weighted by molar-refractivity contribution is 7.46. The van der Waals surface area contributed by atoms with Gasteiger partial charge in [-0.05, 0) is 54.8 Å². The Bertz CT molecular complexity index is 1570. The maximum Gasteiger partial charge on any atom is 0.165 e. The average molecular weight is 564 g/mol. The van der Waals surface area contributed by atoms with Crippen LogP contribution >= 0.6 is 8.58 Å². The van der Waals surface area contributed by atoms with Crippen LogP contribution in [0.3, 0.4) is 0 Å². The minimum absolute atomic E-state index is 0.317. The Hall–Kier alpha value is -3.95. The second-order valence-electron chi connectivity index (χ2n) is 10.4. The molecule has 2 N–H and O–H groups in total. The molecule has 0 saturated heterocycles. The number of nitrogens with zero attached hydrogens (tertiary/aromatic N) is 3. The van der Waals surface area contributed by atoms with Gasteiger partial charge in [0.25, 0.3) is 0 Å². The van der Waals surface area contributed by atoms with Gasteiger partial charge in [0.05, 0.1) is 11.9 Å². The molecule has 2 heterocycles. The van der Waals surface area contributed by atoms with E-state index in [1.54, 1.807) is 0 Å². The van der Waals surface area contributed by atoms with Crippen LogP contribution in [-0.2, 0) is 13.0 Å². The maximum absolute atomic E-state index is 4.99. The molecule has 2 unspecified atom stereocenters. The van der Waals surface area contributed by atoms with Crippen LogP contribution < -0.4 is 15.9 Å². The van der Waals surface area contributed by atoms with Crippen LogP contribution in [0.1, 0.15) is 43.9 Å². The molecule has 0 aliphatic carbocycles. The zero-order chi connectivity index (χ0) is 29.2. The first kappa shape index (κ1) is 30.0. The van der Waals surface area contributed by atoms with Gasteiger partial charge in [0, 0.05) is 34.9 Å². The van der Waals surface area contributed by atoms with E-state index in [4.69, 9.17) is 4.98 Å². The smallest absolute Gasteiger partial charge is 0.165 e. The fourth-order valence-electron chi connectivity index (χ4n) is 4.61. The highest BCUT2D eigenvalue weighted by atomic mass is 31.1. The minimum atomic E-state index is 0.317. The maximum atomic E-state index is 4.99. The minimum Gasteiger partial charge on any atom is -0.366 e. The monoisotopic (exact) mass is 563 g/mol. The van der Waals surface area contributed by atoms with Crippen molar-refractivity contribution in [2.24, 2.45) is 5.92 Å². The zero-order valence-electron chi connectivity index (χ0n) is 24.9. The predicted molar refractivity (Wildman–Crippen MR) is 179 cm³/mol. The van der Waals surface area contributed by atoms with Crippen LogP contribution in [0.25, 0.3) is 16.9 Å². The Balaban J connectivity index is 0.00000124. The van der Waals surface area contributed by atoms with E-state index in [9.17, 15) is 0 Å². The quantitative estimate of drug-likeness (QED) is 0.167. The molecule has 5 nitrogen and oxygen atoms in total. The summed E-state index contributed by atoms with van der Waals surface area (Å²) in [5.41, 5.74) is 8.76. The van der Waals surface area contributed by atoms with Crippen LogP contribution in [0, 0.1) is 12.8 Å². The van der Waals surface area contributed by atoms with Crippen molar-refractivity contribution in [2.75, 3.05) is 17.3 Å². The second-order valence-corrected chi connectivity index (χ2v) is 11.4. The molecule has 5 rings (SSSR count). The van der Waals surface area contributed by atoms with Crippen molar-refractivity contribution in [3.8, 4) is 11.3 Å². The normalized spacial score (nSPS) is 11.7. The molecule has 0 amide bonds. The summed E-state index contributed by atoms with van der Waals surface area (Å²) in [5.74, 6) is 1.24. The van der Waals surface area contributed by atoms with Crippen molar-refractivity contribution in [1.29, 1.82) is 0 Å². The number of benzene rings is 3. The lowest BCUT2D eigenvalue weighted by molar-refractivity contribution is 0.684. The molecule has 2 aromatic heterocycles. The van der Waals surface area contributed by atoms with E-state index >= 15 is 0 Å². The molecule has 3 aromatic carbocycles. The van der Waals surface area contributed by atoms with Crippen molar-refractivity contribution in [2.45, 2.75) is 47.1 Å². The standard InChI is InChI=1S/C32H34N5P.C3H8/c1-22-11-8-9-16-28(22)29-19-31(37-32(36-29)30(38-4)21-34-37)33-20-26-14-10-15-27(18-26)35-24(3)23(2)17-25-12-6-5-7-13-25;1-3-2/h5-16,18-19,21,23,33,35,38H,3,17,20H2,1-2,4H3;3H2,1-2H3. The summed E-state index contributed by atoms with van der Waals surface area (Å²) in [6.45, 7) is 15.7. The van der Waals surface area contributed by atoms with Gasteiger partial charge < -0.3 is 10.6 Å². The van der Waals surface area contributed by atoms with E-state index in [0.717, 1.165) is 45.8 Å². The molecular weight excluding hydrogens is 521 g/mol. The molecule has 212 valence electrons. The fraction of sp³-hybridized carbons (Fsp3) is 0.257. The van der Waals surface area contributed by atoms with Crippen molar-refractivity contribution < 1.29 is 0 Å². The molecule has 0 saturated carbocycles. The van der Waals surface area contributed by atoms with Crippen LogP contribution in [0.15, 0.2) is 103 Å². The van der Waals surface area contributed by atoms with E-state index in [0.29, 0.717) is 21.0 Å². The van der Waals surface area contributed by atoms with Crippen molar-refractivity contribution in [1.82, 2.24) is 14.6 Å².